The molecule has 0 bridgehead atoms. The first kappa shape index (κ1) is 14.1. The van der Waals surface area contributed by atoms with Crippen molar-refractivity contribution in [3.05, 3.63) is 24.2 Å². The van der Waals surface area contributed by atoms with E-state index in [0.29, 0.717) is 12.6 Å². The van der Waals surface area contributed by atoms with E-state index in [-0.39, 0.29) is 5.91 Å². The van der Waals surface area contributed by atoms with Crippen molar-refractivity contribution in [3.8, 4) is 0 Å². The predicted molar refractivity (Wildman–Crippen MR) is 72.6 cm³/mol. The van der Waals surface area contributed by atoms with Gasteiger partial charge in [-0.3, -0.25) is 4.79 Å². The van der Waals surface area contributed by atoms with Gasteiger partial charge < -0.3 is 14.1 Å². The van der Waals surface area contributed by atoms with Crippen molar-refractivity contribution >= 4 is 5.91 Å². The molecule has 19 heavy (non-hydrogen) atoms. The fourth-order valence-electron chi connectivity index (χ4n) is 2.59. The summed E-state index contributed by atoms with van der Waals surface area (Å²) >= 11 is 0. The van der Waals surface area contributed by atoms with Crippen LogP contribution in [0, 0.1) is 0 Å². The molecule has 0 aliphatic heterocycles. The van der Waals surface area contributed by atoms with E-state index in [0.717, 1.165) is 18.6 Å². The van der Waals surface area contributed by atoms with Crippen LogP contribution in [0.5, 0.6) is 0 Å². The Hall–Kier alpha value is -1.29. The maximum Gasteiger partial charge on any atom is 0.254 e. The average Bonchev–Trinajstić information content (AvgIpc) is 3.07. The van der Waals surface area contributed by atoms with Crippen molar-refractivity contribution in [2.45, 2.75) is 57.7 Å². The first-order valence-corrected chi connectivity index (χ1v) is 6.93. The number of hydrogen-bond acceptors (Lipinski definition) is 3. The van der Waals surface area contributed by atoms with Crippen LogP contribution in [-0.4, -0.2) is 29.6 Å². The van der Waals surface area contributed by atoms with E-state index in [1.54, 1.807) is 13.4 Å². The second-order valence-electron chi connectivity index (χ2n) is 5.67. The first-order valence-electron chi connectivity index (χ1n) is 6.93. The maximum absolute atomic E-state index is 12.7. The van der Waals surface area contributed by atoms with E-state index < -0.39 is 5.60 Å². The van der Waals surface area contributed by atoms with Gasteiger partial charge in [-0.05, 0) is 38.8 Å². The number of hydrogen-bond donors (Lipinski definition) is 0. The zero-order valence-corrected chi connectivity index (χ0v) is 12.0. The molecular formula is C15H23NO3. The minimum absolute atomic E-state index is 0.0401. The van der Waals surface area contributed by atoms with E-state index in [2.05, 4.69) is 0 Å². The molecule has 4 nitrogen and oxygen atoms in total. The maximum atomic E-state index is 12.7. The Balaban J connectivity index is 2.16. The number of rotatable bonds is 5. The lowest BCUT2D eigenvalue weighted by atomic mass is 10.1. The summed E-state index contributed by atoms with van der Waals surface area (Å²) in [5.74, 6) is 0.866. The van der Waals surface area contributed by atoms with Crippen LogP contribution in [0.25, 0.3) is 0 Å². The van der Waals surface area contributed by atoms with E-state index in [1.807, 2.05) is 30.9 Å². The second-order valence-corrected chi connectivity index (χ2v) is 5.67. The number of carbonyl (C=O) groups is 1. The molecular weight excluding hydrogens is 242 g/mol. The third-order valence-electron chi connectivity index (χ3n) is 3.96. The zero-order chi connectivity index (χ0) is 13.9. The molecule has 1 aliphatic carbocycles. The van der Waals surface area contributed by atoms with Crippen molar-refractivity contribution in [2.75, 3.05) is 7.11 Å². The summed E-state index contributed by atoms with van der Waals surface area (Å²) in [5, 5.41) is 0. The van der Waals surface area contributed by atoms with Crippen molar-refractivity contribution in [1.29, 1.82) is 0 Å². The molecule has 0 unspecified atom stereocenters. The summed E-state index contributed by atoms with van der Waals surface area (Å²) in [6.07, 6.45) is 6.19. The molecule has 1 amide bonds. The largest absolute Gasteiger partial charge is 0.467 e. The summed E-state index contributed by atoms with van der Waals surface area (Å²) in [6.45, 7) is 4.17. The van der Waals surface area contributed by atoms with Gasteiger partial charge in [-0.25, -0.2) is 0 Å². The van der Waals surface area contributed by atoms with Gasteiger partial charge in [-0.1, -0.05) is 12.8 Å². The Morgan fingerprint density at radius 3 is 2.68 bits per heavy atom. The smallest absolute Gasteiger partial charge is 0.254 e. The molecule has 0 atom stereocenters. The Morgan fingerprint density at radius 2 is 2.16 bits per heavy atom. The van der Waals surface area contributed by atoms with Gasteiger partial charge >= 0.3 is 0 Å². The van der Waals surface area contributed by atoms with Gasteiger partial charge in [0.2, 0.25) is 0 Å². The SMILES string of the molecule is COC(C)(C)C(=O)N(Cc1ccco1)C1CCCC1. The van der Waals surface area contributed by atoms with Crippen molar-refractivity contribution in [2.24, 2.45) is 0 Å². The van der Waals surface area contributed by atoms with Gasteiger partial charge in [0, 0.05) is 13.2 Å². The van der Waals surface area contributed by atoms with Crippen LogP contribution in [0.2, 0.25) is 0 Å². The third kappa shape index (κ3) is 3.18. The summed E-state index contributed by atoms with van der Waals surface area (Å²) in [7, 11) is 1.58. The zero-order valence-electron chi connectivity index (χ0n) is 12.0. The third-order valence-corrected chi connectivity index (χ3v) is 3.96. The molecule has 1 saturated carbocycles. The summed E-state index contributed by atoms with van der Waals surface area (Å²) < 4.78 is 10.7. The molecule has 1 aromatic heterocycles. The van der Waals surface area contributed by atoms with Crippen LogP contribution in [-0.2, 0) is 16.1 Å². The number of furan rings is 1. The van der Waals surface area contributed by atoms with Gasteiger partial charge in [0.05, 0.1) is 12.8 Å². The molecule has 0 N–H and O–H groups in total. The topological polar surface area (TPSA) is 42.7 Å². The highest BCUT2D eigenvalue weighted by molar-refractivity contribution is 5.84. The lowest BCUT2D eigenvalue weighted by Crippen LogP contribution is -2.49. The molecule has 106 valence electrons. The van der Waals surface area contributed by atoms with Gasteiger partial charge in [0.1, 0.15) is 11.4 Å². The number of carbonyl (C=O) groups excluding carboxylic acids is 1. The highest BCUT2D eigenvalue weighted by atomic mass is 16.5. The van der Waals surface area contributed by atoms with Crippen molar-refractivity contribution in [3.63, 3.8) is 0 Å². The number of amides is 1. The minimum Gasteiger partial charge on any atom is -0.467 e. The summed E-state index contributed by atoms with van der Waals surface area (Å²) in [4.78, 5) is 14.6. The number of ether oxygens (including phenoxy) is 1. The second kappa shape index (κ2) is 5.78. The molecule has 0 saturated heterocycles. The summed E-state index contributed by atoms with van der Waals surface area (Å²) in [6, 6.07) is 4.08. The van der Waals surface area contributed by atoms with E-state index in [9.17, 15) is 4.79 Å². The monoisotopic (exact) mass is 265 g/mol. The molecule has 1 aliphatic rings. The van der Waals surface area contributed by atoms with Crippen molar-refractivity contribution in [1.82, 2.24) is 4.90 Å². The van der Waals surface area contributed by atoms with Crippen LogP contribution >= 0.6 is 0 Å². The van der Waals surface area contributed by atoms with E-state index in [4.69, 9.17) is 9.15 Å². The minimum atomic E-state index is -0.783. The van der Waals surface area contributed by atoms with Gasteiger partial charge in [-0.2, -0.15) is 0 Å². The van der Waals surface area contributed by atoms with Crippen LogP contribution < -0.4 is 0 Å². The molecule has 4 heteroatoms. The predicted octanol–water partition coefficient (Wildman–Crippen LogP) is 2.98. The van der Waals surface area contributed by atoms with Crippen LogP contribution in [0.15, 0.2) is 22.8 Å². The molecule has 2 rings (SSSR count). The van der Waals surface area contributed by atoms with Crippen LogP contribution in [0.3, 0.4) is 0 Å². The molecule has 0 spiro atoms. The molecule has 0 radical (unpaired) electrons. The number of methoxy groups -OCH3 is 1. The molecule has 0 aromatic carbocycles. The molecule has 1 heterocycles. The van der Waals surface area contributed by atoms with E-state index >= 15 is 0 Å². The van der Waals surface area contributed by atoms with Crippen molar-refractivity contribution < 1.29 is 13.9 Å². The highest BCUT2D eigenvalue weighted by Gasteiger charge is 2.36. The fourth-order valence-corrected chi connectivity index (χ4v) is 2.59. The van der Waals surface area contributed by atoms with E-state index in [1.165, 1.54) is 12.8 Å². The normalized spacial score (nSPS) is 16.8. The van der Waals surface area contributed by atoms with Gasteiger partial charge in [0.25, 0.3) is 5.91 Å². The Kier molecular flexibility index (Phi) is 4.30. The van der Waals surface area contributed by atoms with Gasteiger partial charge in [0.15, 0.2) is 0 Å². The fraction of sp³-hybridized carbons (Fsp3) is 0.667. The van der Waals surface area contributed by atoms with Crippen LogP contribution in [0.1, 0.15) is 45.3 Å². The summed E-state index contributed by atoms with van der Waals surface area (Å²) in [5.41, 5.74) is -0.783. The first-order chi connectivity index (χ1) is 9.04. The Bertz CT molecular complexity index is 405. The molecule has 1 fully saturated rings. The standard InChI is InChI=1S/C15H23NO3/c1-15(2,18-3)14(17)16(12-7-4-5-8-12)11-13-9-6-10-19-13/h6,9-10,12H,4-5,7-8,11H2,1-3H3. The quantitative estimate of drug-likeness (QED) is 0.822. The lowest BCUT2D eigenvalue weighted by molar-refractivity contribution is -0.154. The average molecular weight is 265 g/mol. The highest BCUT2D eigenvalue weighted by Crippen LogP contribution is 2.28. The number of nitrogens with zero attached hydrogens (tertiary/aromatic N) is 1. The molecule has 1 aromatic rings. The van der Waals surface area contributed by atoms with Gasteiger partial charge in [-0.15, -0.1) is 0 Å². The lowest BCUT2D eigenvalue weighted by Gasteiger charge is -2.34. The van der Waals surface area contributed by atoms with Crippen LogP contribution in [0.4, 0.5) is 0 Å². The Morgan fingerprint density at radius 1 is 1.47 bits per heavy atom. The Labute approximate surface area is 114 Å².